The molecular formula is C13H26N2O2. The highest BCUT2D eigenvalue weighted by Gasteiger charge is 2.32. The molecule has 1 N–H and O–H groups in total. The SMILES string of the molecule is CC(C)N(C)C(=O)CN(C)CC1(O)CCCC1. The van der Waals surface area contributed by atoms with E-state index in [2.05, 4.69) is 0 Å². The van der Waals surface area contributed by atoms with Crippen LogP contribution in [0, 0.1) is 0 Å². The molecule has 0 radical (unpaired) electrons. The lowest BCUT2D eigenvalue weighted by atomic mass is 10.0. The first-order valence-electron chi connectivity index (χ1n) is 6.51. The van der Waals surface area contributed by atoms with Gasteiger partial charge in [0.2, 0.25) is 5.91 Å². The fraction of sp³-hybridized carbons (Fsp3) is 0.923. The monoisotopic (exact) mass is 242 g/mol. The number of hydrogen-bond donors (Lipinski definition) is 1. The second kappa shape index (κ2) is 5.83. The van der Waals surface area contributed by atoms with Gasteiger partial charge in [-0.3, -0.25) is 9.69 Å². The first-order chi connectivity index (χ1) is 7.84. The van der Waals surface area contributed by atoms with Crippen LogP contribution < -0.4 is 0 Å². The molecule has 0 bridgehead atoms. The molecule has 0 aromatic rings. The minimum Gasteiger partial charge on any atom is -0.389 e. The molecule has 1 aliphatic carbocycles. The van der Waals surface area contributed by atoms with E-state index >= 15 is 0 Å². The number of carbonyl (C=O) groups is 1. The molecular weight excluding hydrogens is 216 g/mol. The highest BCUT2D eigenvalue weighted by molar-refractivity contribution is 5.78. The summed E-state index contributed by atoms with van der Waals surface area (Å²) in [7, 11) is 3.73. The quantitative estimate of drug-likeness (QED) is 0.785. The maximum absolute atomic E-state index is 11.9. The van der Waals surface area contributed by atoms with Crippen LogP contribution >= 0.6 is 0 Å². The van der Waals surface area contributed by atoms with Gasteiger partial charge in [0.1, 0.15) is 0 Å². The van der Waals surface area contributed by atoms with Crippen molar-refractivity contribution in [1.82, 2.24) is 9.80 Å². The average Bonchev–Trinajstić information content (AvgIpc) is 2.62. The topological polar surface area (TPSA) is 43.8 Å². The molecule has 1 amide bonds. The molecule has 1 aliphatic rings. The normalized spacial score (nSPS) is 19.0. The fourth-order valence-corrected chi connectivity index (χ4v) is 2.38. The van der Waals surface area contributed by atoms with Crippen molar-refractivity contribution in [1.29, 1.82) is 0 Å². The number of likely N-dealkylation sites (N-methyl/N-ethyl adjacent to an activating group) is 2. The number of rotatable bonds is 5. The van der Waals surface area contributed by atoms with Crippen LogP contribution in [0.5, 0.6) is 0 Å². The predicted octanol–water partition coefficient (Wildman–Crippen LogP) is 1.09. The Balaban J connectivity index is 2.38. The van der Waals surface area contributed by atoms with Crippen LogP contribution in [0.25, 0.3) is 0 Å². The lowest BCUT2D eigenvalue weighted by Gasteiger charge is -2.30. The molecule has 0 spiro atoms. The Morgan fingerprint density at radius 2 is 1.82 bits per heavy atom. The second-order valence-corrected chi connectivity index (χ2v) is 5.70. The van der Waals surface area contributed by atoms with Crippen molar-refractivity contribution in [3.63, 3.8) is 0 Å². The number of hydrogen-bond acceptors (Lipinski definition) is 3. The molecule has 17 heavy (non-hydrogen) atoms. The molecule has 100 valence electrons. The molecule has 1 fully saturated rings. The molecule has 0 unspecified atom stereocenters. The third-order valence-electron chi connectivity index (χ3n) is 3.67. The van der Waals surface area contributed by atoms with Gasteiger partial charge in [0.15, 0.2) is 0 Å². The fourth-order valence-electron chi connectivity index (χ4n) is 2.38. The first kappa shape index (κ1) is 14.5. The van der Waals surface area contributed by atoms with Crippen molar-refractivity contribution < 1.29 is 9.90 Å². The van der Waals surface area contributed by atoms with E-state index in [0.29, 0.717) is 13.1 Å². The summed E-state index contributed by atoms with van der Waals surface area (Å²) in [5.41, 5.74) is -0.564. The summed E-state index contributed by atoms with van der Waals surface area (Å²) in [6, 6.07) is 0.227. The highest BCUT2D eigenvalue weighted by atomic mass is 16.3. The molecule has 4 nitrogen and oxygen atoms in total. The summed E-state index contributed by atoms with van der Waals surface area (Å²) >= 11 is 0. The Kier molecular flexibility index (Phi) is 4.95. The van der Waals surface area contributed by atoms with Gasteiger partial charge in [-0.2, -0.15) is 0 Å². The van der Waals surface area contributed by atoms with Crippen LogP contribution in [-0.4, -0.2) is 59.6 Å². The van der Waals surface area contributed by atoms with Gasteiger partial charge >= 0.3 is 0 Å². The molecule has 0 aromatic carbocycles. The Labute approximate surface area is 105 Å². The smallest absolute Gasteiger partial charge is 0.236 e. The molecule has 4 heteroatoms. The van der Waals surface area contributed by atoms with E-state index in [-0.39, 0.29) is 11.9 Å². The van der Waals surface area contributed by atoms with Gasteiger partial charge in [-0.25, -0.2) is 0 Å². The maximum atomic E-state index is 11.9. The summed E-state index contributed by atoms with van der Waals surface area (Å²) in [6.07, 6.45) is 3.94. The standard InChI is InChI=1S/C13H26N2O2/c1-11(2)15(4)12(16)9-14(3)10-13(17)7-5-6-8-13/h11,17H,5-10H2,1-4H3. The number of nitrogens with zero attached hydrogens (tertiary/aromatic N) is 2. The number of carbonyl (C=O) groups excluding carboxylic acids is 1. The van der Waals surface area contributed by atoms with Gasteiger partial charge in [0.25, 0.3) is 0 Å². The zero-order valence-corrected chi connectivity index (χ0v) is 11.6. The summed E-state index contributed by atoms with van der Waals surface area (Å²) < 4.78 is 0. The van der Waals surface area contributed by atoms with Gasteiger partial charge in [-0.15, -0.1) is 0 Å². The average molecular weight is 242 g/mol. The van der Waals surface area contributed by atoms with E-state index in [1.807, 2.05) is 32.8 Å². The molecule has 1 rings (SSSR count). The largest absolute Gasteiger partial charge is 0.389 e. The molecule has 0 saturated heterocycles. The van der Waals surface area contributed by atoms with Crippen LogP contribution in [0.3, 0.4) is 0 Å². The molecule has 0 atom stereocenters. The lowest BCUT2D eigenvalue weighted by Crippen LogP contribution is -2.45. The van der Waals surface area contributed by atoms with Gasteiger partial charge in [0, 0.05) is 19.6 Å². The van der Waals surface area contributed by atoms with E-state index in [1.165, 1.54) is 0 Å². The minimum atomic E-state index is -0.564. The van der Waals surface area contributed by atoms with Crippen molar-refractivity contribution in [3.05, 3.63) is 0 Å². The first-order valence-corrected chi connectivity index (χ1v) is 6.51. The minimum absolute atomic E-state index is 0.115. The zero-order chi connectivity index (χ0) is 13.1. The van der Waals surface area contributed by atoms with E-state index in [4.69, 9.17) is 0 Å². The molecule has 0 heterocycles. The Bertz CT molecular complexity index is 260. The van der Waals surface area contributed by atoms with Crippen molar-refractivity contribution in [3.8, 4) is 0 Å². The van der Waals surface area contributed by atoms with Crippen molar-refractivity contribution in [2.45, 2.75) is 51.2 Å². The molecule has 0 aromatic heterocycles. The van der Waals surface area contributed by atoms with Crippen LogP contribution in [0.1, 0.15) is 39.5 Å². The summed E-state index contributed by atoms with van der Waals surface area (Å²) in [6.45, 7) is 4.99. The number of aliphatic hydroxyl groups is 1. The van der Waals surface area contributed by atoms with Crippen molar-refractivity contribution >= 4 is 5.91 Å². The van der Waals surface area contributed by atoms with E-state index in [9.17, 15) is 9.90 Å². The van der Waals surface area contributed by atoms with E-state index in [1.54, 1.807) is 4.90 Å². The number of amides is 1. The second-order valence-electron chi connectivity index (χ2n) is 5.70. The molecule has 0 aliphatic heterocycles. The maximum Gasteiger partial charge on any atom is 0.236 e. The zero-order valence-electron chi connectivity index (χ0n) is 11.6. The van der Waals surface area contributed by atoms with Crippen LogP contribution in [0.15, 0.2) is 0 Å². The predicted molar refractivity (Wildman–Crippen MR) is 68.8 cm³/mol. The third-order valence-corrected chi connectivity index (χ3v) is 3.67. The third kappa shape index (κ3) is 4.28. The van der Waals surface area contributed by atoms with Crippen LogP contribution in [0.2, 0.25) is 0 Å². The van der Waals surface area contributed by atoms with Gasteiger partial charge < -0.3 is 10.0 Å². The Hall–Kier alpha value is -0.610. The van der Waals surface area contributed by atoms with E-state index in [0.717, 1.165) is 25.7 Å². The summed E-state index contributed by atoms with van der Waals surface area (Å²) in [5.74, 6) is 0.115. The molecule has 1 saturated carbocycles. The van der Waals surface area contributed by atoms with Crippen molar-refractivity contribution in [2.24, 2.45) is 0 Å². The summed E-state index contributed by atoms with van der Waals surface area (Å²) in [5, 5.41) is 10.3. The van der Waals surface area contributed by atoms with E-state index < -0.39 is 5.60 Å². The van der Waals surface area contributed by atoms with Gasteiger partial charge in [-0.05, 0) is 33.7 Å². The van der Waals surface area contributed by atoms with Crippen LogP contribution in [0.4, 0.5) is 0 Å². The van der Waals surface area contributed by atoms with Gasteiger partial charge in [-0.1, -0.05) is 12.8 Å². The Morgan fingerprint density at radius 3 is 2.29 bits per heavy atom. The van der Waals surface area contributed by atoms with Crippen molar-refractivity contribution in [2.75, 3.05) is 27.2 Å². The highest BCUT2D eigenvalue weighted by Crippen LogP contribution is 2.29. The van der Waals surface area contributed by atoms with Crippen LogP contribution in [-0.2, 0) is 4.79 Å². The van der Waals surface area contributed by atoms with Gasteiger partial charge in [0.05, 0.1) is 12.1 Å². The Morgan fingerprint density at radius 1 is 1.29 bits per heavy atom. The summed E-state index contributed by atoms with van der Waals surface area (Å²) in [4.78, 5) is 15.6. The lowest BCUT2D eigenvalue weighted by molar-refractivity contribution is -0.132.